The Balaban J connectivity index is 2.48. The van der Waals surface area contributed by atoms with Gasteiger partial charge in [0, 0.05) is 13.6 Å². The average Bonchev–Trinajstić information content (AvgIpc) is 2.29. The van der Waals surface area contributed by atoms with Gasteiger partial charge < -0.3 is 5.73 Å². The molecule has 0 amide bonds. The summed E-state index contributed by atoms with van der Waals surface area (Å²) in [6, 6.07) is 0. The van der Waals surface area contributed by atoms with Gasteiger partial charge in [0.2, 0.25) is 10.0 Å². The Hall–Kier alpha value is -0.130. The van der Waals surface area contributed by atoms with Crippen LogP contribution in [-0.4, -0.2) is 38.6 Å². The Morgan fingerprint density at radius 1 is 1.29 bits per heavy atom. The normalized spacial score (nSPS) is 20.7. The van der Waals surface area contributed by atoms with E-state index in [2.05, 4.69) is 0 Å². The molecule has 1 unspecified atom stereocenters. The fourth-order valence-electron chi connectivity index (χ4n) is 2.41. The molecule has 17 heavy (non-hydrogen) atoms. The minimum Gasteiger partial charge on any atom is -0.330 e. The fourth-order valence-corrected chi connectivity index (χ4v) is 4.07. The quantitative estimate of drug-likeness (QED) is 0.787. The van der Waals surface area contributed by atoms with Crippen molar-refractivity contribution >= 4 is 10.0 Å². The molecule has 0 spiro atoms. The van der Waals surface area contributed by atoms with E-state index in [-0.39, 0.29) is 5.92 Å². The molecule has 0 saturated heterocycles. The second-order valence-corrected chi connectivity index (χ2v) is 7.52. The predicted molar refractivity (Wildman–Crippen MR) is 71.2 cm³/mol. The summed E-state index contributed by atoms with van der Waals surface area (Å²) in [5.74, 6) is 0.909. The Labute approximate surface area is 106 Å². The molecular weight excluding hydrogens is 236 g/mol. The summed E-state index contributed by atoms with van der Waals surface area (Å²) in [6.07, 6.45) is 5.77. The summed E-state index contributed by atoms with van der Waals surface area (Å²) < 4.78 is 25.8. The van der Waals surface area contributed by atoms with Crippen molar-refractivity contribution in [2.75, 3.05) is 25.9 Å². The summed E-state index contributed by atoms with van der Waals surface area (Å²) in [6.45, 7) is 3.04. The van der Waals surface area contributed by atoms with Crippen LogP contribution in [0.2, 0.25) is 0 Å². The minimum absolute atomic E-state index is 0.223. The van der Waals surface area contributed by atoms with E-state index >= 15 is 0 Å². The maximum Gasteiger partial charge on any atom is 0.214 e. The molecule has 1 atom stereocenters. The van der Waals surface area contributed by atoms with Crippen LogP contribution in [0.3, 0.4) is 0 Å². The third-order valence-corrected chi connectivity index (χ3v) is 5.61. The zero-order chi connectivity index (χ0) is 12.9. The van der Waals surface area contributed by atoms with Crippen LogP contribution in [0.4, 0.5) is 0 Å². The van der Waals surface area contributed by atoms with Crippen LogP contribution in [0.15, 0.2) is 0 Å². The first-order valence-electron chi connectivity index (χ1n) is 6.59. The number of nitrogens with zero attached hydrogens (tertiary/aromatic N) is 1. The zero-order valence-corrected chi connectivity index (χ0v) is 11.9. The molecule has 0 aromatic rings. The van der Waals surface area contributed by atoms with Gasteiger partial charge in [-0.3, -0.25) is 0 Å². The highest BCUT2D eigenvalue weighted by molar-refractivity contribution is 7.89. The third kappa shape index (κ3) is 4.94. The highest BCUT2D eigenvalue weighted by Gasteiger charge is 2.25. The molecule has 5 heteroatoms. The molecule has 4 nitrogen and oxygen atoms in total. The van der Waals surface area contributed by atoms with E-state index in [0.717, 1.165) is 12.8 Å². The van der Waals surface area contributed by atoms with Crippen LogP contribution in [-0.2, 0) is 10.0 Å². The van der Waals surface area contributed by atoms with Crippen LogP contribution in [0.5, 0.6) is 0 Å². The van der Waals surface area contributed by atoms with Crippen molar-refractivity contribution in [1.29, 1.82) is 0 Å². The average molecular weight is 262 g/mol. The van der Waals surface area contributed by atoms with E-state index in [1.807, 2.05) is 6.92 Å². The van der Waals surface area contributed by atoms with Gasteiger partial charge in [0.05, 0.1) is 5.75 Å². The molecular formula is C12H26N2O2S. The number of nitrogens with two attached hydrogens (primary N) is 1. The number of sulfonamides is 1. The fraction of sp³-hybridized carbons (Fsp3) is 1.00. The highest BCUT2D eigenvalue weighted by Crippen LogP contribution is 2.25. The molecule has 0 bridgehead atoms. The van der Waals surface area contributed by atoms with Crippen LogP contribution in [0.25, 0.3) is 0 Å². The van der Waals surface area contributed by atoms with Crippen molar-refractivity contribution in [1.82, 2.24) is 4.31 Å². The lowest BCUT2D eigenvalue weighted by Crippen LogP contribution is -2.37. The number of hydrogen-bond acceptors (Lipinski definition) is 3. The monoisotopic (exact) mass is 262 g/mol. The maximum absolute atomic E-state index is 12.1. The Morgan fingerprint density at radius 2 is 1.88 bits per heavy atom. The number of rotatable bonds is 6. The van der Waals surface area contributed by atoms with E-state index in [1.54, 1.807) is 7.05 Å². The van der Waals surface area contributed by atoms with Gasteiger partial charge in [-0.15, -0.1) is 0 Å². The van der Waals surface area contributed by atoms with Gasteiger partial charge in [-0.2, -0.15) is 0 Å². The van der Waals surface area contributed by atoms with Crippen molar-refractivity contribution < 1.29 is 8.42 Å². The van der Waals surface area contributed by atoms with Crippen LogP contribution >= 0.6 is 0 Å². The molecule has 1 fully saturated rings. The van der Waals surface area contributed by atoms with E-state index in [1.165, 1.54) is 23.6 Å². The highest BCUT2D eigenvalue weighted by atomic mass is 32.2. The van der Waals surface area contributed by atoms with Gasteiger partial charge in [-0.1, -0.05) is 26.2 Å². The number of hydrogen-bond donors (Lipinski definition) is 1. The topological polar surface area (TPSA) is 63.4 Å². The van der Waals surface area contributed by atoms with Gasteiger partial charge in [-0.25, -0.2) is 12.7 Å². The third-order valence-electron chi connectivity index (χ3n) is 3.62. The van der Waals surface area contributed by atoms with Crippen LogP contribution in [0.1, 0.15) is 39.0 Å². The second kappa shape index (κ2) is 6.71. The summed E-state index contributed by atoms with van der Waals surface area (Å²) in [5, 5.41) is 0. The molecule has 0 heterocycles. The minimum atomic E-state index is -3.09. The van der Waals surface area contributed by atoms with Gasteiger partial charge in [0.25, 0.3) is 0 Å². The SMILES string of the molecule is CC(CN)CN(C)S(=O)(=O)CC1CCCCC1. The Morgan fingerprint density at radius 3 is 2.41 bits per heavy atom. The standard InChI is InChI=1S/C12H26N2O2S/c1-11(8-13)9-14(2)17(15,16)10-12-6-4-3-5-7-12/h11-12H,3-10,13H2,1-2H3. The first-order chi connectivity index (χ1) is 7.95. The summed E-state index contributed by atoms with van der Waals surface area (Å²) >= 11 is 0. The second-order valence-electron chi connectivity index (χ2n) is 5.40. The van der Waals surface area contributed by atoms with Gasteiger partial charge >= 0.3 is 0 Å². The van der Waals surface area contributed by atoms with Gasteiger partial charge in [-0.05, 0) is 31.2 Å². The molecule has 1 aliphatic rings. The summed E-state index contributed by atoms with van der Waals surface area (Å²) in [5.41, 5.74) is 5.53. The molecule has 102 valence electrons. The lowest BCUT2D eigenvalue weighted by Gasteiger charge is -2.25. The van der Waals surface area contributed by atoms with Crippen molar-refractivity contribution in [3.63, 3.8) is 0 Å². The molecule has 1 aliphatic carbocycles. The largest absolute Gasteiger partial charge is 0.330 e. The maximum atomic E-state index is 12.1. The van der Waals surface area contributed by atoms with Crippen LogP contribution < -0.4 is 5.73 Å². The first-order valence-corrected chi connectivity index (χ1v) is 8.20. The van der Waals surface area contributed by atoms with Crippen molar-refractivity contribution in [2.24, 2.45) is 17.6 Å². The van der Waals surface area contributed by atoms with Crippen molar-refractivity contribution in [3.8, 4) is 0 Å². The Bertz CT molecular complexity index is 310. The lowest BCUT2D eigenvalue weighted by molar-refractivity contribution is 0.365. The molecule has 1 rings (SSSR count). The molecule has 0 aliphatic heterocycles. The van der Waals surface area contributed by atoms with E-state index < -0.39 is 10.0 Å². The molecule has 0 aromatic heterocycles. The van der Waals surface area contributed by atoms with E-state index in [4.69, 9.17) is 5.73 Å². The molecule has 0 aromatic carbocycles. The predicted octanol–water partition coefficient (Wildman–Crippen LogP) is 1.42. The van der Waals surface area contributed by atoms with Crippen molar-refractivity contribution in [3.05, 3.63) is 0 Å². The zero-order valence-electron chi connectivity index (χ0n) is 11.1. The van der Waals surface area contributed by atoms with Crippen molar-refractivity contribution in [2.45, 2.75) is 39.0 Å². The van der Waals surface area contributed by atoms with E-state index in [0.29, 0.717) is 24.8 Å². The smallest absolute Gasteiger partial charge is 0.214 e. The van der Waals surface area contributed by atoms with Crippen LogP contribution in [0, 0.1) is 11.8 Å². The molecule has 1 saturated carbocycles. The summed E-state index contributed by atoms with van der Waals surface area (Å²) in [4.78, 5) is 0. The first kappa shape index (κ1) is 14.9. The van der Waals surface area contributed by atoms with Gasteiger partial charge in [0.1, 0.15) is 0 Å². The molecule has 0 radical (unpaired) electrons. The lowest BCUT2D eigenvalue weighted by atomic mass is 9.91. The van der Waals surface area contributed by atoms with Gasteiger partial charge in [0.15, 0.2) is 0 Å². The van der Waals surface area contributed by atoms with E-state index in [9.17, 15) is 8.42 Å². The Kier molecular flexibility index (Phi) is 5.89. The summed E-state index contributed by atoms with van der Waals surface area (Å²) in [7, 11) is -1.42. The molecule has 2 N–H and O–H groups in total.